The van der Waals surface area contributed by atoms with E-state index in [0.717, 1.165) is 38.6 Å². The molecule has 0 saturated carbocycles. The van der Waals surface area contributed by atoms with Crippen molar-refractivity contribution in [1.29, 1.82) is 0 Å². The van der Waals surface area contributed by atoms with Gasteiger partial charge in [-0.2, -0.15) is 0 Å². The van der Waals surface area contributed by atoms with Crippen LogP contribution in [0.5, 0.6) is 5.75 Å². The third-order valence-electron chi connectivity index (χ3n) is 3.41. The first kappa shape index (κ1) is 13.4. The topological polar surface area (TPSA) is 26.7 Å². The first-order valence-corrected chi connectivity index (χ1v) is 6.86. The van der Waals surface area contributed by atoms with Crippen LogP contribution in [0.15, 0.2) is 24.3 Å². The predicted octanol–water partition coefficient (Wildman–Crippen LogP) is 2.17. The van der Waals surface area contributed by atoms with E-state index in [9.17, 15) is 5.11 Å². The molecule has 3 heteroatoms. The van der Waals surface area contributed by atoms with Crippen molar-refractivity contribution in [1.82, 2.24) is 9.80 Å². The Balaban J connectivity index is 1.80. The van der Waals surface area contributed by atoms with Gasteiger partial charge < -0.3 is 10.0 Å². The van der Waals surface area contributed by atoms with E-state index in [1.165, 1.54) is 12.1 Å². The highest BCUT2D eigenvalue weighted by Crippen LogP contribution is 2.14. The zero-order valence-electron chi connectivity index (χ0n) is 11.5. The van der Waals surface area contributed by atoms with Crippen LogP contribution in [0.1, 0.15) is 19.4 Å². The summed E-state index contributed by atoms with van der Waals surface area (Å²) in [6.45, 7) is 11.3. The summed E-state index contributed by atoms with van der Waals surface area (Å²) in [7, 11) is 0. The fraction of sp³-hybridized carbons (Fsp3) is 0.600. The highest BCUT2D eigenvalue weighted by Gasteiger charge is 2.17. The van der Waals surface area contributed by atoms with Crippen molar-refractivity contribution in [2.24, 2.45) is 5.92 Å². The van der Waals surface area contributed by atoms with E-state index in [4.69, 9.17) is 0 Å². The minimum Gasteiger partial charge on any atom is -0.508 e. The normalized spacial score (nSPS) is 18.4. The van der Waals surface area contributed by atoms with Crippen LogP contribution in [0.2, 0.25) is 0 Å². The molecule has 1 aromatic carbocycles. The molecule has 0 aliphatic carbocycles. The molecule has 0 spiro atoms. The number of nitrogens with zero attached hydrogens (tertiary/aromatic N) is 2. The Bertz CT molecular complexity index is 371. The zero-order valence-corrected chi connectivity index (χ0v) is 11.5. The Labute approximate surface area is 110 Å². The summed E-state index contributed by atoms with van der Waals surface area (Å²) in [6.07, 6.45) is 0. The van der Waals surface area contributed by atoms with Crippen LogP contribution in [0.4, 0.5) is 0 Å². The second-order valence-electron chi connectivity index (χ2n) is 5.64. The highest BCUT2D eigenvalue weighted by molar-refractivity contribution is 5.27. The van der Waals surface area contributed by atoms with Crippen LogP contribution in [0.25, 0.3) is 0 Å². The lowest BCUT2D eigenvalue weighted by Gasteiger charge is -2.35. The Hall–Kier alpha value is -1.06. The number of phenolic OH excluding ortho intramolecular Hbond substituents is 1. The Morgan fingerprint density at radius 3 is 2.39 bits per heavy atom. The number of piperazine rings is 1. The van der Waals surface area contributed by atoms with Crippen LogP contribution in [-0.4, -0.2) is 47.6 Å². The number of phenols is 1. The number of hydrogen-bond acceptors (Lipinski definition) is 3. The van der Waals surface area contributed by atoms with E-state index >= 15 is 0 Å². The lowest BCUT2D eigenvalue weighted by atomic mass is 10.1. The van der Waals surface area contributed by atoms with Gasteiger partial charge >= 0.3 is 0 Å². The summed E-state index contributed by atoms with van der Waals surface area (Å²) in [4.78, 5) is 5.01. The van der Waals surface area contributed by atoms with Gasteiger partial charge in [-0.05, 0) is 23.6 Å². The van der Waals surface area contributed by atoms with E-state index < -0.39 is 0 Å². The maximum absolute atomic E-state index is 9.46. The number of hydrogen-bond donors (Lipinski definition) is 1. The Kier molecular flexibility index (Phi) is 4.61. The van der Waals surface area contributed by atoms with E-state index in [1.807, 2.05) is 12.1 Å². The van der Waals surface area contributed by atoms with Crippen molar-refractivity contribution >= 4 is 0 Å². The van der Waals surface area contributed by atoms with Crippen molar-refractivity contribution in [3.63, 3.8) is 0 Å². The molecule has 18 heavy (non-hydrogen) atoms. The molecule has 0 amide bonds. The van der Waals surface area contributed by atoms with E-state index in [1.54, 1.807) is 6.07 Å². The molecule has 0 atom stereocenters. The molecule has 1 aromatic rings. The van der Waals surface area contributed by atoms with Gasteiger partial charge in [0.2, 0.25) is 0 Å². The zero-order chi connectivity index (χ0) is 13.0. The first-order chi connectivity index (χ1) is 8.63. The third kappa shape index (κ3) is 4.00. The molecule has 1 saturated heterocycles. The molecule has 1 fully saturated rings. The maximum atomic E-state index is 9.46. The van der Waals surface area contributed by atoms with Gasteiger partial charge in [-0.1, -0.05) is 26.0 Å². The Morgan fingerprint density at radius 2 is 1.78 bits per heavy atom. The molecule has 0 unspecified atom stereocenters. The summed E-state index contributed by atoms with van der Waals surface area (Å²) in [5, 5.41) is 9.46. The van der Waals surface area contributed by atoms with Crippen molar-refractivity contribution in [3.05, 3.63) is 29.8 Å². The molecule has 1 aliphatic heterocycles. The van der Waals surface area contributed by atoms with Crippen LogP contribution in [0.3, 0.4) is 0 Å². The van der Waals surface area contributed by atoms with Gasteiger partial charge in [0.1, 0.15) is 5.75 Å². The summed E-state index contributed by atoms with van der Waals surface area (Å²) in [5.41, 5.74) is 1.20. The van der Waals surface area contributed by atoms with Gasteiger partial charge in [-0.25, -0.2) is 0 Å². The van der Waals surface area contributed by atoms with Crippen molar-refractivity contribution in [2.45, 2.75) is 20.4 Å². The summed E-state index contributed by atoms with van der Waals surface area (Å²) >= 11 is 0. The molecule has 1 N–H and O–H groups in total. The summed E-state index contributed by atoms with van der Waals surface area (Å²) in [6, 6.07) is 7.59. The van der Waals surface area contributed by atoms with Crippen molar-refractivity contribution in [2.75, 3.05) is 32.7 Å². The van der Waals surface area contributed by atoms with Gasteiger partial charge in [-0.3, -0.25) is 4.90 Å². The fourth-order valence-corrected chi connectivity index (χ4v) is 2.56. The van der Waals surface area contributed by atoms with Crippen molar-refractivity contribution < 1.29 is 5.11 Å². The SMILES string of the molecule is CC(C)CN1CCN(Cc2cccc(O)c2)CC1. The monoisotopic (exact) mass is 248 g/mol. The molecular formula is C15H24N2O. The number of benzene rings is 1. The number of aromatic hydroxyl groups is 1. The average molecular weight is 248 g/mol. The lowest BCUT2D eigenvalue weighted by Crippen LogP contribution is -2.46. The van der Waals surface area contributed by atoms with Gasteiger partial charge in [0.25, 0.3) is 0 Å². The molecule has 0 radical (unpaired) electrons. The fourth-order valence-electron chi connectivity index (χ4n) is 2.56. The maximum Gasteiger partial charge on any atom is 0.115 e. The smallest absolute Gasteiger partial charge is 0.115 e. The second kappa shape index (κ2) is 6.21. The first-order valence-electron chi connectivity index (χ1n) is 6.86. The van der Waals surface area contributed by atoms with Gasteiger partial charge in [0.15, 0.2) is 0 Å². The predicted molar refractivity (Wildman–Crippen MR) is 74.7 cm³/mol. The Morgan fingerprint density at radius 1 is 1.11 bits per heavy atom. The molecule has 0 aromatic heterocycles. The molecule has 100 valence electrons. The van der Waals surface area contributed by atoms with E-state index in [2.05, 4.69) is 29.7 Å². The van der Waals surface area contributed by atoms with Gasteiger partial charge in [-0.15, -0.1) is 0 Å². The third-order valence-corrected chi connectivity index (χ3v) is 3.41. The van der Waals surface area contributed by atoms with Gasteiger partial charge in [0, 0.05) is 39.3 Å². The molecule has 2 rings (SSSR count). The van der Waals surface area contributed by atoms with Crippen LogP contribution >= 0.6 is 0 Å². The molecule has 1 aliphatic rings. The van der Waals surface area contributed by atoms with E-state index in [-0.39, 0.29) is 0 Å². The number of rotatable bonds is 4. The average Bonchev–Trinajstić information content (AvgIpc) is 2.31. The minimum absolute atomic E-state index is 0.367. The van der Waals surface area contributed by atoms with Crippen LogP contribution in [-0.2, 0) is 6.54 Å². The highest BCUT2D eigenvalue weighted by atomic mass is 16.3. The standard InChI is InChI=1S/C15H24N2O/c1-13(2)11-16-6-8-17(9-7-16)12-14-4-3-5-15(18)10-14/h3-5,10,13,18H,6-9,11-12H2,1-2H3. The molecule has 1 heterocycles. The second-order valence-corrected chi connectivity index (χ2v) is 5.64. The molecular weight excluding hydrogens is 224 g/mol. The molecule has 0 bridgehead atoms. The van der Waals surface area contributed by atoms with Crippen LogP contribution < -0.4 is 0 Å². The van der Waals surface area contributed by atoms with Gasteiger partial charge in [0.05, 0.1) is 0 Å². The quantitative estimate of drug-likeness (QED) is 0.884. The van der Waals surface area contributed by atoms with Crippen molar-refractivity contribution in [3.8, 4) is 5.75 Å². The molecule has 3 nitrogen and oxygen atoms in total. The summed E-state index contributed by atoms with van der Waals surface area (Å²) < 4.78 is 0. The van der Waals surface area contributed by atoms with Crippen LogP contribution in [0, 0.1) is 5.92 Å². The largest absolute Gasteiger partial charge is 0.508 e. The minimum atomic E-state index is 0.367. The van der Waals surface area contributed by atoms with E-state index in [0.29, 0.717) is 5.75 Å². The summed E-state index contributed by atoms with van der Waals surface area (Å²) in [5.74, 6) is 1.12. The lowest BCUT2D eigenvalue weighted by molar-refractivity contribution is 0.117.